The van der Waals surface area contributed by atoms with Gasteiger partial charge < -0.3 is 14.6 Å². The van der Waals surface area contributed by atoms with Crippen LogP contribution in [0.15, 0.2) is 60.7 Å². The lowest BCUT2D eigenvalue weighted by molar-refractivity contribution is -0.141. The molecule has 0 aromatic heterocycles. The number of hydrogen-bond donors (Lipinski definition) is 1. The molecule has 4 nitrogen and oxygen atoms in total. The van der Waals surface area contributed by atoms with Crippen LogP contribution in [0.2, 0.25) is 0 Å². The van der Waals surface area contributed by atoms with Crippen LogP contribution in [0.1, 0.15) is 70.3 Å². The van der Waals surface area contributed by atoms with Gasteiger partial charge >= 0.3 is 5.97 Å². The normalized spacial score (nSPS) is 14.2. The lowest BCUT2D eigenvalue weighted by atomic mass is 9.80. The second-order valence-corrected chi connectivity index (χ2v) is 10.1. The molecular formula is C30H35FO4. The molecule has 5 heteroatoms. The van der Waals surface area contributed by atoms with Crippen LogP contribution in [0.25, 0.3) is 11.1 Å². The number of rotatable bonds is 8. The summed E-state index contributed by atoms with van der Waals surface area (Å²) in [4.78, 5) is 11.4. The van der Waals surface area contributed by atoms with Gasteiger partial charge in [0.15, 0.2) is 0 Å². The third kappa shape index (κ3) is 6.02. The van der Waals surface area contributed by atoms with Gasteiger partial charge in [-0.25, -0.2) is 4.39 Å². The zero-order valence-corrected chi connectivity index (χ0v) is 21.6. The lowest BCUT2D eigenvalue weighted by Gasteiger charge is -2.26. The average molecular weight is 479 g/mol. The number of aliphatic carboxylic acids is 1. The Hall–Kier alpha value is -3.34. The first-order valence-electron chi connectivity index (χ1n) is 11.9. The molecule has 0 heterocycles. The molecule has 0 saturated carbocycles. The molecule has 0 bridgehead atoms. The topological polar surface area (TPSA) is 55.8 Å². The molecule has 1 unspecified atom stereocenters. The third-order valence-corrected chi connectivity index (χ3v) is 6.62. The Kier molecular flexibility index (Phi) is 7.89. The van der Waals surface area contributed by atoms with E-state index in [-0.39, 0.29) is 23.3 Å². The highest BCUT2D eigenvalue weighted by atomic mass is 19.1. The maximum absolute atomic E-state index is 14.8. The van der Waals surface area contributed by atoms with E-state index in [4.69, 9.17) is 9.47 Å². The number of carboxylic acids is 1. The second kappa shape index (κ2) is 10.5. The fourth-order valence-corrected chi connectivity index (χ4v) is 4.15. The number of hydrogen-bond acceptors (Lipinski definition) is 3. The first-order valence-corrected chi connectivity index (χ1v) is 11.9. The SMILES string of the molecule is COc1ccc(F)c(-c2ccc([C@H](C)Oc3cccc([C@@H](C)C(C)C(=O)O)c3)cc2C(C)(C)C)c1. The van der Waals surface area contributed by atoms with Crippen LogP contribution in [0, 0.1) is 11.7 Å². The van der Waals surface area contributed by atoms with Crippen LogP contribution in [0.5, 0.6) is 11.5 Å². The Morgan fingerprint density at radius 1 is 0.886 bits per heavy atom. The molecule has 0 aliphatic carbocycles. The molecule has 3 atom stereocenters. The van der Waals surface area contributed by atoms with Crippen molar-refractivity contribution in [2.45, 2.75) is 59.0 Å². The molecule has 0 radical (unpaired) electrons. The Balaban J connectivity index is 1.94. The quantitative estimate of drug-likeness (QED) is 0.359. The Bertz CT molecular complexity index is 1200. The van der Waals surface area contributed by atoms with Crippen molar-refractivity contribution in [3.8, 4) is 22.6 Å². The Morgan fingerprint density at radius 3 is 2.23 bits per heavy atom. The van der Waals surface area contributed by atoms with Crippen molar-refractivity contribution in [1.82, 2.24) is 0 Å². The molecule has 1 N–H and O–H groups in total. The largest absolute Gasteiger partial charge is 0.497 e. The van der Waals surface area contributed by atoms with Crippen LogP contribution in [0.4, 0.5) is 4.39 Å². The molecule has 3 rings (SSSR count). The minimum atomic E-state index is -0.820. The minimum Gasteiger partial charge on any atom is -0.497 e. The molecule has 3 aromatic carbocycles. The average Bonchev–Trinajstić information content (AvgIpc) is 2.82. The molecule has 0 spiro atoms. The van der Waals surface area contributed by atoms with E-state index in [0.717, 1.165) is 22.3 Å². The zero-order valence-electron chi connectivity index (χ0n) is 21.6. The van der Waals surface area contributed by atoms with Crippen molar-refractivity contribution in [3.05, 3.63) is 83.2 Å². The number of carbonyl (C=O) groups is 1. The van der Waals surface area contributed by atoms with Gasteiger partial charge in [-0.3, -0.25) is 4.79 Å². The van der Waals surface area contributed by atoms with Crippen LogP contribution >= 0.6 is 0 Å². The summed E-state index contributed by atoms with van der Waals surface area (Å²) in [6.07, 6.45) is -0.261. The maximum atomic E-state index is 14.8. The second-order valence-electron chi connectivity index (χ2n) is 10.1. The third-order valence-electron chi connectivity index (χ3n) is 6.62. The number of methoxy groups -OCH3 is 1. The first kappa shape index (κ1) is 26.3. The van der Waals surface area contributed by atoms with Crippen molar-refractivity contribution in [2.75, 3.05) is 7.11 Å². The summed E-state index contributed by atoms with van der Waals surface area (Å²) in [6, 6.07) is 18.4. The predicted molar refractivity (Wildman–Crippen MR) is 138 cm³/mol. The predicted octanol–water partition coefficient (Wildman–Crippen LogP) is 7.76. The highest BCUT2D eigenvalue weighted by molar-refractivity contribution is 5.72. The fraction of sp³-hybridized carbons (Fsp3) is 0.367. The van der Waals surface area contributed by atoms with Gasteiger partial charge in [0.05, 0.1) is 13.0 Å². The fourth-order valence-electron chi connectivity index (χ4n) is 4.15. The Morgan fingerprint density at radius 2 is 1.60 bits per heavy atom. The summed E-state index contributed by atoms with van der Waals surface area (Å²) < 4.78 is 26.4. The number of ether oxygens (including phenoxy) is 2. The summed E-state index contributed by atoms with van der Waals surface area (Å²) in [7, 11) is 1.57. The summed E-state index contributed by atoms with van der Waals surface area (Å²) in [6.45, 7) is 11.9. The molecular weight excluding hydrogens is 443 g/mol. The molecule has 3 aromatic rings. The van der Waals surface area contributed by atoms with E-state index in [0.29, 0.717) is 17.1 Å². The van der Waals surface area contributed by atoms with E-state index < -0.39 is 11.9 Å². The molecule has 0 aliphatic heterocycles. The summed E-state index contributed by atoms with van der Waals surface area (Å²) in [5.74, 6) is -0.472. The van der Waals surface area contributed by atoms with Crippen molar-refractivity contribution in [3.63, 3.8) is 0 Å². The van der Waals surface area contributed by atoms with E-state index in [1.54, 1.807) is 26.2 Å². The van der Waals surface area contributed by atoms with E-state index in [2.05, 4.69) is 26.8 Å². The Labute approximate surface area is 207 Å². The van der Waals surface area contributed by atoms with Crippen LogP contribution in [-0.4, -0.2) is 18.2 Å². The molecule has 0 amide bonds. The summed E-state index contributed by atoms with van der Waals surface area (Å²) in [5.41, 5.74) is 3.99. The van der Waals surface area contributed by atoms with Crippen molar-refractivity contribution in [1.29, 1.82) is 0 Å². The van der Waals surface area contributed by atoms with Gasteiger partial charge in [-0.1, -0.05) is 65.0 Å². The van der Waals surface area contributed by atoms with Crippen molar-refractivity contribution in [2.24, 2.45) is 5.92 Å². The summed E-state index contributed by atoms with van der Waals surface area (Å²) in [5, 5.41) is 9.36. The molecule has 0 saturated heterocycles. The van der Waals surface area contributed by atoms with Gasteiger partial charge in [-0.2, -0.15) is 0 Å². The smallest absolute Gasteiger partial charge is 0.306 e. The standard InChI is InChI=1S/C30H35FO4/c1-18(19(2)29(32)33)21-9-8-10-24(15-21)35-20(3)22-11-13-25(27(16-22)30(4,5)6)26-17-23(34-7)12-14-28(26)31/h8-20H,1-7H3,(H,32,33)/t18-,19?,20-/m0/s1. The monoisotopic (exact) mass is 478 g/mol. The molecule has 186 valence electrons. The summed E-state index contributed by atoms with van der Waals surface area (Å²) >= 11 is 0. The number of benzene rings is 3. The zero-order chi connectivity index (χ0) is 25.9. The van der Waals surface area contributed by atoms with Gasteiger partial charge in [-0.15, -0.1) is 0 Å². The van der Waals surface area contributed by atoms with Gasteiger partial charge in [-0.05, 0) is 70.8 Å². The van der Waals surface area contributed by atoms with Crippen LogP contribution in [0.3, 0.4) is 0 Å². The highest BCUT2D eigenvalue weighted by Crippen LogP contribution is 2.38. The molecule has 35 heavy (non-hydrogen) atoms. The van der Waals surface area contributed by atoms with Gasteiger partial charge in [0.1, 0.15) is 23.4 Å². The maximum Gasteiger partial charge on any atom is 0.306 e. The number of halogens is 1. The van der Waals surface area contributed by atoms with E-state index in [1.807, 2.05) is 50.2 Å². The van der Waals surface area contributed by atoms with Crippen LogP contribution < -0.4 is 9.47 Å². The van der Waals surface area contributed by atoms with E-state index in [9.17, 15) is 14.3 Å². The number of carboxylic acid groups (broad SMARTS) is 1. The van der Waals surface area contributed by atoms with Crippen LogP contribution in [-0.2, 0) is 10.2 Å². The van der Waals surface area contributed by atoms with E-state index in [1.165, 1.54) is 6.07 Å². The van der Waals surface area contributed by atoms with Crippen molar-refractivity contribution < 1.29 is 23.8 Å². The van der Waals surface area contributed by atoms with Crippen molar-refractivity contribution >= 4 is 5.97 Å². The van der Waals surface area contributed by atoms with Gasteiger partial charge in [0.25, 0.3) is 0 Å². The van der Waals surface area contributed by atoms with Gasteiger partial charge in [0, 0.05) is 5.56 Å². The molecule has 0 aliphatic rings. The molecule has 0 fully saturated rings. The highest BCUT2D eigenvalue weighted by Gasteiger charge is 2.24. The first-order chi connectivity index (χ1) is 16.4. The van der Waals surface area contributed by atoms with Gasteiger partial charge in [0.2, 0.25) is 0 Å². The van der Waals surface area contributed by atoms with E-state index >= 15 is 0 Å². The minimum absolute atomic E-state index is 0.143. The lowest BCUT2D eigenvalue weighted by Crippen LogP contribution is -2.16.